The molecule has 0 atom stereocenters. The van der Waals surface area contributed by atoms with Gasteiger partial charge in [-0.2, -0.15) is 0 Å². The summed E-state index contributed by atoms with van der Waals surface area (Å²) in [5.74, 6) is 0. The quantitative estimate of drug-likeness (QED) is 0.323. The van der Waals surface area contributed by atoms with E-state index in [0.717, 1.165) is 12.1 Å². The SMILES string of the molecule is CC.Cc1ccccc1-c1ccc(Cn2[c-]nc3cccc(C)c32)cc1.[CH3-].[Y]. The molecule has 143 valence electrons. The minimum absolute atomic E-state index is 0. The molecule has 4 aromatic rings. The monoisotopic (exact) mass is 445 g/mol. The molecule has 0 aliphatic rings. The van der Waals surface area contributed by atoms with Gasteiger partial charge in [-0.05, 0) is 29.2 Å². The maximum absolute atomic E-state index is 4.39. The number of hydrogen-bond acceptors (Lipinski definition) is 1. The van der Waals surface area contributed by atoms with Crippen molar-refractivity contribution in [1.29, 1.82) is 0 Å². The van der Waals surface area contributed by atoms with E-state index in [1.807, 2.05) is 26.0 Å². The van der Waals surface area contributed by atoms with E-state index >= 15 is 0 Å². The molecular formula is C25H28N2Y-2. The molecule has 0 amide bonds. The van der Waals surface area contributed by atoms with Crippen molar-refractivity contribution < 1.29 is 32.7 Å². The fraction of sp³-hybridized carbons (Fsp3) is 0.200. The molecule has 0 aliphatic carbocycles. The van der Waals surface area contributed by atoms with Gasteiger partial charge in [0.2, 0.25) is 0 Å². The van der Waals surface area contributed by atoms with Gasteiger partial charge in [0.05, 0.1) is 0 Å². The Bertz CT molecular complexity index is 1000. The summed E-state index contributed by atoms with van der Waals surface area (Å²) in [6.07, 6.45) is 3.13. The maximum atomic E-state index is 4.39. The molecule has 1 heterocycles. The molecule has 2 nitrogen and oxygen atoms in total. The van der Waals surface area contributed by atoms with Gasteiger partial charge in [0.1, 0.15) is 0 Å². The minimum Gasteiger partial charge on any atom is -0.443 e. The van der Waals surface area contributed by atoms with Crippen LogP contribution in [0.4, 0.5) is 0 Å². The van der Waals surface area contributed by atoms with E-state index in [2.05, 4.69) is 84.3 Å². The summed E-state index contributed by atoms with van der Waals surface area (Å²) in [4.78, 5) is 4.39. The second-order valence-corrected chi connectivity index (χ2v) is 6.25. The van der Waals surface area contributed by atoms with E-state index in [9.17, 15) is 0 Å². The van der Waals surface area contributed by atoms with Gasteiger partial charge in [0.15, 0.2) is 0 Å². The van der Waals surface area contributed by atoms with Crippen LogP contribution in [0.1, 0.15) is 30.5 Å². The fourth-order valence-electron chi connectivity index (χ4n) is 3.23. The van der Waals surface area contributed by atoms with Gasteiger partial charge in [0.25, 0.3) is 0 Å². The number of para-hydroxylation sites is 1. The van der Waals surface area contributed by atoms with Gasteiger partial charge in [-0.15, -0.1) is 6.07 Å². The molecule has 1 radical (unpaired) electrons. The first-order valence-electron chi connectivity index (χ1n) is 9.21. The van der Waals surface area contributed by atoms with Gasteiger partial charge in [-0.25, -0.2) is 0 Å². The number of aryl methyl sites for hydroxylation is 2. The second kappa shape index (κ2) is 11.3. The van der Waals surface area contributed by atoms with Gasteiger partial charge in [0, 0.05) is 45.6 Å². The van der Waals surface area contributed by atoms with Crippen molar-refractivity contribution in [2.45, 2.75) is 34.2 Å². The van der Waals surface area contributed by atoms with Gasteiger partial charge in [-0.1, -0.05) is 98.0 Å². The van der Waals surface area contributed by atoms with Crippen LogP contribution in [-0.2, 0) is 39.3 Å². The Morgan fingerprint density at radius 2 is 1.46 bits per heavy atom. The van der Waals surface area contributed by atoms with Crippen molar-refractivity contribution in [1.82, 2.24) is 9.55 Å². The number of benzene rings is 3. The van der Waals surface area contributed by atoms with Gasteiger partial charge >= 0.3 is 0 Å². The average molecular weight is 445 g/mol. The smallest absolute Gasteiger partial charge is 0.0251 e. The first kappa shape index (κ1) is 24.3. The average Bonchev–Trinajstić information content (AvgIpc) is 3.09. The third kappa shape index (κ3) is 5.18. The molecule has 0 saturated heterocycles. The molecular weight excluding hydrogens is 417 g/mol. The van der Waals surface area contributed by atoms with E-state index in [4.69, 9.17) is 0 Å². The first-order chi connectivity index (χ1) is 12.7. The van der Waals surface area contributed by atoms with Crippen molar-refractivity contribution in [3.63, 3.8) is 0 Å². The molecule has 4 rings (SSSR count). The predicted molar refractivity (Wildman–Crippen MR) is 117 cm³/mol. The summed E-state index contributed by atoms with van der Waals surface area (Å²) in [5, 5.41) is 0. The zero-order chi connectivity index (χ0) is 18.5. The zero-order valence-electron chi connectivity index (χ0n) is 17.5. The van der Waals surface area contributed by atoms with Crippen LogP contribution in [0, 0.1) is 27.6 Å². The third-order valence-corrected chi connectivity index (χ3v) is 4.53. The fourth-order valence-corrected chi connectivity index (χ4v) is 3.23. The number of hydrogen-bond donors (Lipinski definition) is 0. The number of rotatable bonds is 3. The molecule has 0 N–H and O–H groups in total. The summed E-state index contributed by atoms with van der Waals surface area (Å²) in [7, 11) is 0. The molecule has 3 heteroatoms. The second-order valence-electron chi connectivity index (χ2n) is 6.25. The van der Waals surface area contributed by atoms with E-state index in [1.54, 1.807) is 0 Å². The Balaban J connectivity index is 0.000000950. The molecule has 0 saturated carbocycles. The van der Waals surface area contributed by atoms with Crippen LogP contribution in [-0.4, -0.2) is 9.55 Å². The van der Waals surface area contributed by atoms with E-state index < -0.39 is 0 Å². The molecule has 28 heavy (non-hydrogen) atoms. The maximum Gasteiger partial charge on any atom is 0.0251 e. The van der Waals surface area contributed by atoms with E-state index in [-0.39, 0.29) is 40.1 Å². The topological polar surface area (TPSA) is 17.8 Å². The van der Waals surface area contributed by atoms with Crippen molar-refractivity contribution in [2.24, 2.45) is 0 Å². The number of fused-ring (bicyclic) bond motifs is 1. The molecule has 3 aromatic carbocycles. The van der Waals surface area contributed by atoms with Gasteiger partial charge in [-0.3, -0.25) is 0 Å². The van der Waals surface area contributed by atoms with Crippen LogP contribution in [0.3, 0.4) is 0 Å². The molecule has 0 unspecified atom stereocenters. The summed E-state index contributed by atoms with van der Waals surface area (Å²) in [5.41, 5.74) is 8.51. The van der Waals surface area contributed by atoms with Crippen molar-refractivity contribution in [2.75, 3.05) is 0 Å². The summed E-state index contributed by atoms with van der Waals surface area (Å²) >= 11 is 0. The Labute approximate surface area is 194 Å². The molecule has 0 spiro atoms. The van der Waals surface area contributed by atoms with Crippen LogP contribution in [0.25, 0.3) is 22.2 Å². The van der Waals surface area contributed by atoms with Crippen LogP contribution in [0.15, 0.2) is 66.7 Å². The Morgan fingerprint density at radius 1 is 0.821 bits per heavy atom. The van der Waals surface area contributed by atoms with Crippen LogP contribution in [0.5, 0.6) is 0 Å². The van der Waals surface area contributed by atoms with Crippen LogP contribution >= 0.6 is 0 Å². The predicted octanol–water partition coefficient (Wildman–Crippen LogP) is 6.64. The molecule has 0 bridgehead atoms. The van der Waals surface area contributed by atoms with Crippen LogP contribution < -0.4 is 0 Å². The summed E-state index contributed by atoms with van der Waals surface area (Å²) in [6.45, 7) is 9.06. The summed E-state index contributed by atoms with van der Waals surface area (Å²) in [6, 6.07) is 23.5. The number of nitrogens with zero attached hydrogens (tertiary/aromatic N) is 2. The van der Waals surface area contributed by atoms with Crippen LogP contribution in [0.2, 0.25) is 0 Å². The largest absolute Gasteiger partial charge is 0.443 e. The van der Waals surface area contributed by atoms with E-state index in [1.165, 1.54) is 33.3 Å². The number of aromatic nitrogens is 2. The van der Waals surface area contributed by atoms with Crippen molar-refractivity contribution in [3.05, 3.63) is 97.2 Å². The molecule has 0 aliphatic heterocycles. The molecule has 1 aromatic heterocycles. The normalized spacial score (nSPS) is 9.71. The Hall–Kier alpha value is -1.77. The Kier molecular flexibility index (Phi) is 9.78. The standard InChI is InChI=1S/C22H19N2.C2H6.CH3.Y/c1-16-6-3-4-8-20(16)19-12-10-18(11-13-19)14-24-15-23-21-9-5-7-17(2)22(21)24;1-2;;/h3-13H,14H2,1-2H3;1-2H3;1H3;/q-1;;-1;. The molecule has 0 fully saturated rings. The van der Waals surface area contributed by atoms with Crippen molar-refractivity contribution in [3.8, 4) is 11.1 Å². The summed E-state index contributed by atoms with van der Waals surface area (Å²) < 4.78 is 2.10. The van der Waals surface area contributed by atoms with E-state index in [0.29, 0.717) is 0 Å². The Morgan fingerprint density at radius 3 is 2.14 bits per heavy atom. The first-order valence-corrected chi connectivity index (χ1v) is 9.21. The number of imidazole rings is 1. The van der Waals surface area contributed by atoms with Gasteiger partial charge < -0.3 is 17.0 Å². The zero-order valence-corrected chi connectivity index (χ0v) is 20.4. The third-order valence-electron chi connectivity index (χ3n) is 4.53. The van der Waals surface area contributed by atoms with Crippen molar-refractivity contribution >= 4 is 11.0 Å². The minimum atomic E-state index is 0.